The van der Waals surface area contributed by atoms with E-state index in [0.717, 1.165) is 0 Å². The van der Waals surface area contributed by atoms with Gasteiger partial charge in [0.25, 0.3) is 0 Å². The van der Waals surface area contributed by atoms with Crippen LogP contribution in [0.15, 0.2) is 9.95 Å². The Balaban J connectivity index is 2.84. The molecule has 0 spiro atoms. The molecule has 6 nitrogen and oxygen atoms in total. The number of thioether (sulfide) groups is 1. The minimum atomic E-state index is -0.862. The Bertz CT molecular complexity index is 462. The number of aliphatic carboxylic acids is 1. The summed E-state index contributed by atoms with van der Waals surface area (Å²) in [5.74, 6) is -0.502. The molecule has 0 saturated carbocycles. The maximum Gasteiger partial charge on any atom is 0.344 e. The third-order valence-electron chi connectivity index (χ3n) is 2.33. The number of nitrogens with one attached hydrogen (secondary N) is 1. The van der Waals surface area contributed by atoms with Crippen molar-refractivity contribution in [2.45, 2.75) is 38.9 Å². The molecule has 1 heterocycles. The number of nitrogens with zero attached hydrogens (tertiary/aromatic N) is 2. The molecule has 17 heavy (non-hydrogen) atoms. The molecule has 0 aliphatic carbocycles. The van der Waals surface area contributed by atoms with Crippen molar-refractivity contribution in [3.8, 4) is 0 Å². The highest BCUT2D eigenvalue weighted by atomic mass is 32.2. The van der Waals surface area contributed by atoms with Crippen molar-refractivity contribution in [3.05, 3.63) is 10.5 Å². The molecule has 7 heteroatoms. The van der Waals surface area contributed by atoms with E-state index in [0.29, 0.717) is 10.9 Å². The summed E-state index contributed by atoms with van der Waals surface area (Å²) in [5, 5.41) is 15.8. The van der Waals surface area contributed by atoms with Crippen molar-refractivity contribution in [2.24, 2.45) is 5.41 Å². The van der Waals surface area contributed by atoms with Crippen LogP contribution in [0.3, 0.4) is 0 Å². The van der Waals surface area contributed by atoms with Crippen LogP contribution in [0, 0.1) is 5.41 Å². The zero-order valence-electron chi connectivity index (χ0n) is 10.4. The predicted octanol–water partition coefficient (Wildman–Crippen LogP) is 1.36. The molecule has 96 valence electrons. The van der Waals surface area contributed by atoms with Crippen LogP contribution in [-0.2, 0) is 4.79 Å². The van der Waals surface area contributed by atoms with Gasteiger partial charge in [0.1, 0.15) is 0 Å². The standard InChI is InChI=1S/C10H17N3O3S/c1-6(2)13-8(16)11-12-9(13)17-5-10(3,4)7(14)15/h6H,5H2,1-4H3,(H,11,16)(H,14,15). The Hall–Kier alpha value is -1.24. The third kappa shape index (κ3) is 3.12. The van der Waals surface area contributed by atoms with E-state index in [4.69, 9.17) is 5.11 Å². The molecule has 0 unspecified atom stereocenters. The molecule has 0 saturated heterocycles. The summed E-state index contributed by atoms with van der Waals surface area (Å²) in [7, 11) is 0. The van der Waals surface area contributed by atoms with Gasteiger partial charge in [-0.3, -0.25) is 9.36 Å². The van der Waals surface area contributed by atoms with Crippen molar-refractivity contribution in [1.29, 1.82) is 0 Å². The summed E-state index contributed by atoms with van der Waals surface area (Å²) in [6.45, 7) is 7.05. The Morgan fingerprint density at radius 3 is 2.65 bits per heavy atom. The highest BCUT2D eigenvalue weighted by Crippen LogP contribution is 2.26. The van der Waals surface area contributed by atoms with Gasteiger partial charge in [-0.1, -0.05) is 11.8 Å². The Kier molecular flexibility index (Phi) is 4.03. The van der Waals surface area contributed by atoms with E-state index in [2.05, 4.69) is 10.2 Å². The molecule has 1 aromatic heterocycles. The van der Waals surface area contributed by atoms with Crippen LogP contribution in [0.2, 0.25) is 0 Å². The third-order valence-corrected chi connectivity index (χ3v) is 3.74. The van der Waals surface area contributed by atoms with E-state index in [1.165, 1.54) is 16.3 Å². The maximum atomic E-state index is 11.5. The van der Waals surface area contributed by atoms with E-state index in [-0.39, 0.29) is 11.7 Å². The second-order valence-corrected chi connectivity index (χ2v) is 5.70. The smallest absolute Gasteiger partial charge is 0.344 e. The van der Waals surface area contributed by atoms with Gasteiger partial charge in [0.15, 0.2) is 5.16 Å². The molecular weight excluding hydrogens is 242 g/mol. The van der Waals surface area contributed by atoms with Crippen LogP contribution >= 0.6 is 11.8 Å². The van der Waals surface area contributed by atoms with Crippen molar-refractivity contribution < 1.29 is 9.90 Å². The van der Waals surface area contributed by atoms with Gasteiger partial charge in [-0.2, -0.15) is 0 Å². The average Bonchev–Trinajstić information content (AvgIpc) is 2.56. The number of aromatic amines is 1. The summed E-state index contributed by atoms with van der Waals surface area (Å²) < 4.78 is 1.52. The lowest BCUT2D eigenvalue weighted by atomic mass is 9.97. The number of aromatic nitrogens is 3. The van der Waals surface area contributed by atoms with Crippen molar-refractivity contribution in [2.75, 3.05) is 5.75 Å². The molecule has 0 aromatic carbocycles. The fourth-order valence-electron chi connectivity index (χ4n) is 1.15. The number of carbonyl (C=O) groups is 1. The van der Waals surface area contributed by atoms with E-state index in [1.54, 1.807) is 13.8 Å². The lowest BCUT2D eigenvalue weighted by molar-refractivity contribution is -0.145. The number of rotatable bonds is 5. The maximum absolute atomic E-state index is 11.5. The van der Waals surface area contributed by atoms with Crippen LogP contribution in [0.5, 0.6) is 0 Å². The topological polar surface area (TPSA) is 88.0 Å². The van der Waals surface area contributed by atoms with Gasteiger partial charge in [0, 0.05) is 11.8 Å². The Morgan fingerprint density at radius 1 is 1.59 bits per heavy atom. The summed E-state index contributed by atoms with van der Waals surface area (Å²) in [5.41, 5.74) is -1.11. The molecule has 1 rings (SSSR count). The number of carboxylic acid groups (broad SMARTS) is 1. The van der Waals surface area contributed by atoms with Gasteiger partial charge in [0.05, 0.1) is 5.41 Å². The van der Waals surface area contributed by atoms with Crippen LogP contribution in [0.1, 0.15) is 33.7 Å². The summed E-state index contributed by atoms with van der Waals surface area (Å²) >= 11 is 1.27. The molecule has 0 fully saturated rings. The van der Waals surface area contributed by atoms with Gasteiger partial charge in [-0.25, -0.2) is 9.89 Å². The van der Waals surface area contributed by atoms with Crippen molar-refractivity contribution in [3.63, 3.8) is 0 Å². The first kappa shape index (κ1) is 13.8. The molecule has 0 atom stereocenters. The first-order valence-electron chi connectivity index (χ1n) is 5.29. The minimum absolute atomic E-state index is 0.00306. The normalized spacial score (nSPS) is 12.1. The zero-order chi connectivity index (χ0) is 13.2. The number of carboxylic acids is 1. The molecule has 0 amide bonds. The first-order valence-corrected chi connectivity index (χ1v) is 6.27. The predicted molar refractivity (Wildman–Crippen MR) is 65.4 cm³/mol. The molecular formula is C10H17N3O3S. The first-order chi connectivity index (χ1) is 7.75. The molecule has 0 radical (unpaired) electrons. The van der Waals surface area contributed by atoms with Gasteiger partial charge in [0.2, 0.25) is 0 Å². The molecule has 2 N–H and O–H groups in total. The second-order valence-electron chi connectivity index (χ2n) is 4.75. The summed E-state index contributed by atoms with van der Waals surface area (Å²) in [6, 6.07) is -0.00306. The van der Waals surface area contributed by atoms with Crippen LogP contribution < -0.4 is 5.69 Å². The lowest BCUT2D eigenvalue weighted by Crippen LogP contribution is -2.27. The Morgan fingerprint density at radius 2 is 2.18 bits per heavy atom. The number of H-pyrrole nitrogens is 1. The Labute approximate surface area is 103 Å². The van der Waals surface area contributed by atoms with Gasteiger partial charge >= 0.3 is 11.7 Å². The molecule has 0 aliphatic rings. The quantitative estimate of drug-likeness (QED) is 0.779. The van der Waals surface area contributed by atoms with E-state index in [9.17, 15) is 9.59 Å². The monoisotopic (exact) mass is 259 g/mol. The van der Waals surface area contributed by atoms with Gasteiger partial charge < -0.3 is 5.11 Å². The van der Waals surface area contributed by atoms with E-state index in [1.807, 2.05) is 13.8 Å². The molecule has 1 aromatic rings. The fourth-order valence-corrected chi connectivity index (χ4v) is 2.31. The van der Waals surface area contributed by atoms with E-state index >= 15 is 0 Å². The number of hydrogen-bond donors (Lipinski definition) is 2. The van der Waals surface area contributed by atoms with Crippen LogP contribution in [-0.4, -0.2) is 31.6 Å². The van der Waals surface area contributed by atoms with Gasteiger partial charge in [-0.15, -0.1) is 5.10 Å². The van der Waals surface area contributed by atoms with E-state index < -0.39 is 11.4 Å². The molecule has 0 bridgehead atoms. The zero-order valence-corrected chi connectivity index (χ0v) is 11.2. The number of hydrogen-bond acceptors (Lipinski definition) is 4. The largest absolute Gasteiger partial charge is 0.481 e. The SMILES string of the molecule is CC(C)n1c(SCC(C)(C)C(=O)O)n[nH]c1=O. The summed E-state index contributed by atoms with van der Waals surface area (Å²) in [4.78, 5) is 22.4. The highest BCUT2D eigenvalue weighted by molar-refractivity contribution is 7.99. The molecule has 0 aliphatic heterocycles. The average molecular weight is 259 g/mol. The van der Waals surface area contributed by atoms with Crippen LogP contribution in [0.4, 0.5) is 0 Å². The van der Waals surface area contributed by atoms with Crippen LogP contribution in [0.25, 0.3) is 0 Å². The highest BCUT2D eigenvalue weighted by Gasteiger charge is 2.28. The minimum Gasteiger partial charge on any atom is -0.481 e. The summed E-state index contributed by atoms with van der Waals surface area (Å²) in [6.07, 6.45) is 0. The van der Waals surface area contributed by atoms with Crippen molar-refractivity contribution in [1.82, 2.24) is 14.8 Å². The second kappa shape index (κ2) is 4.95. The lowest BCUT2D eigenvalue weighted by Gasteiger charge is -2.18. The van der Waals surface area contributed by atoms with Gasteiger partial charge in [-0.05, 0) is 27.7 Å². The fraction of sp³-hybridized carbons (Fsp3) is 0.700. The van der Waals surface area contributed by atoms with Crippen molar-refractivity contribution >= 4 is 17.7 Å².